The van der Waals surface area contributed by atoms with E-state index in [0.717, 1.165) is 27.6 Å². The summed E-state index contributed by atoms with van der Waals surface area (Å²) in [6.07, 6.45) is 0.707. The zero-order valence-electron chi connectivity index (χ0n) is 22.4. The van der Waals surface area contributed by atoms with Crippen molar-refractivity contribution in [1.29, 1.82) is 0 Å². The van der Waals surface area contributed by atoms with Crippen molar-refractivity contribution < 1.29 is 22.4 Å². The summed E-state index contributed by atoms with van der Waals surface area (Å²) < 4.78 is 42.3. The van der Waals surface area contributed by atoms with E-state index < -0.39 is 34.3 Å². The molecule has 2 amide bonds. The average molecular weight is 574 g/mol. The second-order valence-corrected chi connectivity index (χ2v) is 11.7. The number of amides is 2. The molecule has 0 aliphatic rings. The van der Waals surface area contributed by atoms with Crippen molar-refractivity contribution in [3.05, 3.63) is 94.8 Å². The van der Waals surface area contributed by atoms with Crippen molar-refractivity contribution in [3.63, 3.8) is 0 Å². The number of aryl methyl sites for hydroxylation is 1. The van der Waals surface area contributed by atoms with E-state index in [1.54, 1.807) is 25.1 Å². The van der Waals surface area contributed by atoms with E-state index in [1.165, 1.54) is 23.1 Å². The summed E-state index contributed by atoms with van der Waals surface area (Å²) in [6.45, 7) is 6.78. The van der Waals surface area contributed by atoms with Crippen molar-refractivity contribution in [2.75, 3.05) is 10.8 Å². The van der Waals surface area contributed by atoms with Crippen molar-refractivity contribution in [3.8, 4) is 0 Å². The fourth-order valence-corrected chi connectivity index (χ4v) is 5.55. The van der Waals surface area contributed by atoms with Crippen LogP contribution in [0.4, 0.5) is 10.1 Å². The Morgan fingerprint density at radius 1 is 1.00 bits per heavy atom. The van der Waals surface area contributed by atoms with Gasteiger partial charge in [-0.3, -0.25) is 13.9 Å². The smallest absolute Gasteiger partial charge is 0.264 e. The zero-order chi connectivity index (χ0) is 28.7. The molecule has 0 fully saturated rings. The number of rotatable bonds is 11. The summed E-state index contributed by atoms with van der Waals surface area (Å²) >= 11 is 5.98. The Labute approximate surface area is 234 Å². The van der Waals surface area contributed by atoms with Gasteiger partial charge >= 0.3 is 0 Å². The lowest BCUT2D eigenvalue weighted by Gasteiger charge is -2.32. The predicted octanol–water partition coefficient (Wildman–Crippen LogP) is 5.31. The molecule has 39 heavy (non-hydrogen) atoms. The molecule has 3 aromatic carbocycles. The maximum atomic E-state index is 14.0. The van der Waals surface area contributed by atoms with Crippen molar-refractivity contribution in [2.24, 2.45) is 0 Å². The van der Waals surface area contributed by atoms with Crippen LogP contribution < -0.4 is 9.62 Å². The molecule has 0 aliphatic carbocycles. The number of hydrogen-bond donors (Lipinski definition) is 1. The molecule has 208 valence electrons. The van der Waals surface area contributed by atoms with Crippen LogP contribution in [0.15, 0.2) is 77.7 Å². The Morgan fingerprint density at radius 3 is 2.31 bits per heavy atom. The Kier molecular flexibility index (Phi) is 10.1. The molecule has 0 saturated heterocycles. The largest absolute Gasteiger partial charge is 0.352 e. The lowest BCUT2D eigenvalue weighted by molar-refractivity contribution is -0.139. The molecule has 7 nitrogen and oxygen atoms in total. The highest BCUT2D eigenvalue weighted by Gasteiger charge is 2.33. The third kappa shape index (κ3) is 7.58. The van der Waals surface area contributed by atoms with E-state index >= 15 is 0 Å². The molecule has 3 rings (SSSR count). The number of hydrogen-bond acceptors (Lipinski definition) is 4. The van der Waals surface area contributed by atoms with Crippen molar-refractivity contribution in [2.45, 2.75) is 57.6 Å². The normalized spacial score (nSPS) is 12.9. The molecule has 0 saturated carbocycles. The Bertz CT molecular complexity index is 1420. The van der Waals surface area contributed by atoms with Gasteiger partial charge in [-0.2, -0.15) is 0 Å². The third-order valence-electron chi connectivity index (χ3n) is 6.40. The van der Waals surface area contributed by atoms with Crippen LogP contribution in [0.1, 0.15) is 38.3 Å². The first-order valence-corrected chi connectivity index (χ1v) is 14.4. The number of carbonyl (C=O) groups is 2. The third-order valence-corrected chi connectivity index (χ3v) is 8.48. The van der Waals surface area contributed by atoms with E-state index in [2.05, 4.69) is 5.32 Å². The number of sulfonamides is 1. The first-order valence-electron chi connectivity index (χ1n) is 12.6. The van der Waals surface area contributed by atoms with Gasteiger partial charge in [-0.1, -0.05) is 66.6 Å². The van der Waals surface area contributed by atoms with Gasteiger partial charge in [0.15, 0.2) is 0 Å². The molecule has 0 spiro atoms. The second-order valence-electron chi connectivity index (χ2n) is 9.43. The summed E-state index contributed by atoms with van der Waals surface area (Å²) in [6, 6.07) is 17.6. The van der Waals surface area contributed by atoms with E-state index in [1.807, 2.05) is 45.0 Å². The minimum atomic E-state index is -4.26. The van der Waals surface area contributed by atoms with Gasteiger partial charge < -0.3 is 10.2 Å². The van der Waals surface area contributed by atoms with Crippen molar-refractivity contribution in [1.82, 2.24) is 10.2 Å². The molecule has 10 heteroatoms. The Balaban J connectivity index is 2.04. The van der Waals surface area contributed by atoms with Crippen LogP contribution in [0, 0.1) is 12.7 Å². The Morgan fingerprint density at radius 2 is 1.69 bits per heavy atom. The maximum Gasteiger partial charge on any atom is 0.264 e. The quantitative estimate of drug-likeness (QED) is 0.337. The van der Waals surface area contributed by atoms with Crippen LogP contribution in [0.3, 0.4) is 0 Å². The monoisotopic (exact) mass is 573 g/mol. The number of nitrogens with zero attached hydrogens (tertiary/aromatic N) is 2. The van der Waals surface area contributed by atoms with E-state index in [0.29, 0.717) is 6.42 Å². The topological polar surface area (TPSA) is 86.8 Å². The first-order chi connectivity index (χ1) is 18.4. The molecule has 0 radical (unpaired) electrons. The highest BCUT2D eigenvalue weighted by Crippen LogP contribution is 2.28. The van der Waals surface area contributed by atoms with E-state index in [9.17, 15) is 22.4 Å². The number of anilines is 1. The minimum Gasteiger partial charge on any atom is -0.352 e. The van der Waals surface area contributed by atoms with Crippen LogP contribution in [-0.4, -0.2) is 43.8 Å². The number of benzene rings is 3. The highest BCUT2D eigenvalue weighted by atomic mass is 35.5. The molecule has 0 heterocycles. The molecule has 0 unspecified atom stereocenters. The average Bonchev–Trinajstić information content (AvgIpc) is 2.91. The van der Waals surface area contributed by atoms with Crippen LogP contribution >= 0.6 is 11.6 Å². The Hall–Kier alpha value is -3.43. The van der Waals surface area contributed by atoms with Gasteiger partial charge in [0.2, 0.25) is 11.8 Å². The predicted molar refractivity (Wildman–Crippen MR) is 151 cm³/mol. The summed E-state index contributed by atoms with van der Waals surface area (Å²) in [7, 11) is -4.26. The first kappa shape index (κ1) is 30.1. The maximum absolute atomic E-state index is 14.0. The molecule has 2 atom stereocenters. The molecule has 0 bridgehead atoms. The van der Waals surface area contributed by atoms with Crippen LogP contribution in [0.2, 0.25) is 5.02 Å². The van der Waals surface area contributed by atoms with E-state index in [-0.39, 0.29) is 34.1 Å². The van der Waals surface area contributed by atoms with E-state index in [4.69, 9.17) is 11.6 Å². The molecule has 0 aromatic heterocycles. The molecule has 0 aliphatic heterocycles. The van der Waals surface area contributed by atoms with Crippen LogP contribution in [0.25, 0.3) is 0 Å². The van der Waals surface area contributed by atoms with Gasteiger partial charge in [-0.25, -0.2) is 12.8 Å². The number of halogens is 2. The molecular weight excluding hydrogens is 541 g/mol. The van der Waals surface area contributed by atoms with Crippen LogP contribution in [0.5, 0.6) is 0 Å². The van der Waals surface area contributed by atoms with Gasteiger partial charge in [0.1, 0.15) is 18.4 Å². The highest BCUT2D eigenvalue weighted by molar-refractivity contribution is 7.92. The standard InChI is InChI=1S/C29H33ClFN3O4S/c1-5-21(3)32-29(36)22(4)33(18-23-11-9-10-20(2)16-23)28(35)19-34(24-14-15-27(31)26(30)17-24)39(37,38)25-12-7-6-8-13-25/h6-17,21-22H,5,18-19H2,1-4H3,(H,32,36)/t21-,22-/m0/s1. The molecule has 1 N–H and O–H groups in total. The fourth-order valence-electron chi connectivity index (χ4n) is 3.94. The summed E-state index contributed by atoms with van der Waals surface area (Å²) in [5.41, 5.74) is 1.78. The lowest BCUT2D eigenvalue weighted by Crippen LogP contribution is -2.52. The van der Waals surface area contributed by atoms with Gasteiger partial charge in [0.25, 0.3) is 10.0 Å². The SMILES string of the molecule is CC[C@H](C)NC(=O)[C@H](C)N(Cc1cccc(C)c1)C(=O)CN(c1ccc(F)c(Cl)c1)S(=O)(=O)c1ccccc1. The number of carbonyl (C=O) groups excluding carboxylic acids is 2. The lowest BCUT2D eigenvalue weighted by atomic mass is 10.1. The van der Waals surface area contributed by atoms with Crippen LogP contribution in [-0.2, 0) is 26.2 Å². The fraction of sp³-hybridized carbons (Fsp3) is 0.310. The molecule has 3 aromatic rings. The molecular formula is C29H33ClFN3O4S. The van der Waals surface area contributed by atoms with Gasteiger partial charge in [-0.15, -0.1) is 0 Å². The van der Waals surface area contributed by atoms with Crippen molar-refractivity contribution >= 4 is 39.1 Å². The zero-order valence-corrected chi connectivity index (χ0v) is 24.0. The van der Waals surface area contributed by atoms with Gasteiger partial charge in [0.05, 0.1) is 15.6 Å². The minimum absolute atomic E-state index is 0.0193. The second kappa shape index (κ2) is 13.1. The summed E-state index contributed by atoms with van der Waals surface area (Å²) in [5, 5.41) is 2.61. The van der Waals surface area contributed by atoms with Gasteiger partial charge in [0, 0.05) is 12.6 Å². The number of nitrogens with one attached hydrogen (secondary N) is 1. The summed E-state index contributed by atoms with van der Waals surface area (Å²) in [4.78, 5) is 28.3. The van der Waals surface area contributed by atoms with Gasteiger partial charge in [-0.05, 0) is 63.1 Å². The summed E-state index contributed by atoms with van der Waals surface area (Å²) in [5.74, 6) is -1.68.